The molecule has 0 bridgehead atoms. The van der Waals surface area contributed by atoms with Gasteiger partial charge in [0.1, 0.15) is 11.7 Å². The zero-order valence-corrected chi connectivity index (χ0v) is 44.3. The average Bonchev–Trinajstić information content (AvgIpc) is 3.38. The molecule has 0 aliphatic rings. The molecule has 0 fully saturated rings. The average molecular weight is 1020 g/mol. The molecule has 1 N–H and O–H groups in total. The summed E-state index contributed by atoms with van der Waals surface area (Å²) in [6.45, 7) is 11.0. The summed E-state index contributed by atoms with van der Waals surface area (Å²) < 4.78 is 55.6. The number of benzene rings is 4. The number of carbonyl (C=O) groups excluding carboxylic acids is 4. The van der Waals surface area contributed by atoms with E-state index < -0.39 is 48.1 Å². The highest BCUT2D eigenvalue weighted by molar-refractivity contribution is 5.93. The van der Waals surface area contributed by atoms with E-state index in [1.54, 1.807) is 75.2 Å². The van der Waals surface area contributed by atoms with Crippen molar-refractivity contribution in [2.75, 3.05) is 68.6 Å². The maximum atomic E-state index is 13.8. The summed E-state index contributed by atoms with van der Waals surface area (Å²) in [6, 6.07) is 14.9. The molecular formula is C56H65N3O15. The van der Waals surface area contributed by atoms with Crippen molar-refractivity contribution < 1.29 is 66.2 Å². The van der Waals surface area contributed by atoms with Crippen molar-refractivity contribution in [3.8, 4) is 34.5 Å². The molecule has 3 unspecified atom stereocenters. The van der Waals surface area contributed by atoms with E-state index in [0.717, 1.165) is 16.7 Å². The molecule has 0 aliphatic heterocycles. The fourth-order valence-corrected chi connectivity index (χ4v) is 7.77. The predicted octanol–water partition coefficient (Wildman–Crippen LogP) is 8.85. The van der Waals surface area contributed by atoms with Gasteiger partial charge in [-0.2, -0.15) is 0 Å². The maximum absolute atomic E-state index is 13.8. The quantitative estimate of drug-likeness (QED) is 0.0226. The summed E-state index contributed by atoms with van der Waals surface area (Å²) >= 11 is 0. The van der Waals surface area contributed by atoms with E-state index in [2.05, 4.69) is 5.32 Å². The van der Waals surface area contributed by atoms with E-state index in [1.165, 1.54) is 96.6 Å². The van der Waals surface area contributed by atoms with Crippen LogP contribution in [-0.4, -0.2) is 116 Å². The minimum absolute atomic E-state index is 0.000364. The molecule has 0 radical (unpaired) electrons. The number of methoxy groups -OCH3 is 6. The lowest BCUT2D eigenvalue weighted by Crippen LogP contribution is -2.41. The predicted molar refractivity (Wildman–Crippen MR) is 281 cm³/mol. The molecule has 18 nitrogen and oxygen atoms in total. The first-order valence-electron chi connectivity index (χ1n) is 23.4. The fraction of sp³-hybridized carbons (Fsp3) is 0.339. The smallest absolute Gasteiger partial charge is 0.339 e. The molecule has 1 heterocycles. The summed E-state index contributed by atoms with van der Waals surface area (Å²) in [5, 5.41) is 3.32. The molecule has 0 saturated carbocycles. The molecular weight excluding hydrogens is 955 g/mol. The molecule has 394 valence electrons. The molecule has 4 aromatic carbocycles. The molecule has 18 heteroatoms. The third kappa shape index (κ3) is 14.5. The number of nitrogens with zero attached hydrogens (tertiary/aromatic N) is 2. The zero-order chi connectivity index (χ0) is 54.4. The number of nitrogens with one attached hydrogen (secondary N) is 1. The normalized spacial score (nSPS) is 12.6. The lowest BCUT2D eigenvalue weighted by molar-refractivity contribution is -0.155. The first kappa shape index (κ1) is 56.7. The third-order valence-electron chi connectivity index (χ3n) is 12.4. The molecule has 5 aromatic rings. The Morgan fingerprint density at radius 1 is 0.595 bits per heavy atom. The molecule has 0 aliphatic carbocycles. The number of hydrogen-bond acceptors (Lipinski definition) is 16. The van der Waals surface area contributed by atoms with Crippen LogP contribution < -0.4 is 39.4 Å². The Morgan fingerprint density at radius 3 is 1.50 bits per heavy atom. The first-order chi connectivity index (χ1) is 35.2. The van der Waals surface area contributed by atoms with E-state index in [4.69, 9.17) is 47.0 Å². The number of anilines is 1. The molecule has 5 rings (SSSR count). The summed E-state index contributed by atoms with van der Waals surface area (Å²) in [7, 11) is 12.0. The first-order valence-corrected chi connectivity index (χ1v) is 23.4. The van der Waals surface area contributed by atoms with Gasteiger partial charge in [0.25, 0.3) is 0 Å². The Labute approximate surface area is 431 Å². The van der Waals surface area contributed by atoms with Crippen LogP contribution in [0.1, 0.15) is 58.4 Å². The van der Waals surface area contributed by atoms with Gasteiger partial charge in [0, 0.05) is 60.9 Å². The minimum Gasteiger partial charge on any atom is -0.493 e. The van der Waals surface area contributed by atoms with E-state index in [0.29, 0.717) is 62.3 Å². The van der Waals surface area contributed by atoms with Crippen molar-refractivity contribution in [2.45, 2.75) is 66.5 Å². The van der Waals surface area contributed by atoms with E-state index in [1.807, 2.05) is 32.9 Å². The Morgan fingerprint density at radius 2 is 1.04 bits per heavy atom. The highest BCUT2D eigenvalue weighted by Crippen LogP contribution is 2.40. The summed E-state index contributed by atoms with van der Waals surface area (Å²) in [4.78, 5) is 69.4. The van der Waals surface area contributed by atoms with Crippen LogP contribution in [0.4, 0.5) is 10.5 Å². The number of ether oxygens (including phenoxy) is 9. The van der Waals surface area contributed by atoms with Crippen molar-refractivity contribution in [3.63, 3.8) is 0 Å². The van der Waals surface area contributed by atoms with Crippen molar-refractivity contribution in [3.05, 3.63) is 128 Å². The van der Waals surface area contributed by atoms with Crippen LogP contribution in [0.25, 0.3) is 29.2 Å². The van der Waals surface area contributed by atoms with Crippen LogP contribution in [0.15, 0.2) is 82.0 Å². The lowest BCUT2D eigenvalue weighted by Gasteiger charge is -2.28. The summed E-state index contributed by atoms with van der Waals surface area (Å²) in [6.07, 6.45) is 5.65. The standard InChI is InChI=1S/C56H65N3O15/c1-32-23-38(24-33(2)34(32)3)15-20-51(61)72-37(6)59(8)56(64)57-41-18-19-43-35(4)44(55(63)74-45(43)29-41)30-42(73-52(62)22-17-40-27-48(67-11)54(70-14)49(28-40)68-12)31-58(7)36(5)71-50(60)21-16-39-25-46(65-9)53(69-13)47(26-39)66-10/h15-29,36-37,42H,30-31H2,1-14H3,(H,57,64). The Bertz CT molecular complexity index is 2940. The number of likely N-dealkylation sites (N-methyl/N-ethyl adjacent to an activating group) is 1. The van der Waals surface area contributed by atoms with Crippen LogP contribution in [0, 0.1) is 27.7 Å². The molecule has 74 heavy (non-hydrogen) atoms. The van der Waals surface area contributed by atoms with Crippen LogP contribution in [0.3, 0.4) is 0 Å². The number of hydrogen-bond donors (Lipinski definition) is 1. The number of esters is 3. The molecule has 3 atom stereocenters. The largest absolute Gasteiger partial charge is 0.493 e. The van der Waals surface area contributed by atoms with E-state index in [9.17, 15) is 24.0 Å². The number of aryl methyl sites for hydroxylation is 3. The summed E-state index contributed by atoms with van der Waals surface area (Å²) in [5.74, 6) is 0.299. The number of carbonyl (C=O) groups is 4. The maximum Gasteiger partial charge on any atom is 0.339 e. The van der Waals surface area contributed by atoms with Crippen LogP contribution in [-0.2, 0) is 35.0 Å². The Kier molecular flexibility index (Phi) is 19.9. The second kappa shape index (κ2) is 25.9. The molecule has 2 amide bonds. The van der Waals surface area contributed by atoms with Crippen LogP contribution >= 0.6 is 0 Å². The van der Waals surface area contributed by atoms with E-state index >= 15 is 0 Å². The second-order valence-corrected chi connectivity index (χ2v) is 17.2. The Balaban J connectivity index is 1.33. The minimum atomic E-state index is -0.983. The van der Waals surface area contributed by atoms with Crippen LogP contribution in [0.2, 0.25) is 0 Å². The third-order valence-corrected chi connectivity index (χ3v) is 12.4. The van der Waals surface area contributed by atoms with Gasteiger partial charge in [-0.05, 0) is 142 Å². The van der Waals surface area contributed by atoms with Crippen molar-refractivity contribution in [1.82, 2.24) is 9.80 Å². The monoisotopic (exact) mass is 1020 g/mol. The van der Waals surface area contributed by atoms with Crippen molar-refractivity contribution in [1.29, 1.82) is 0 Å². The lowest BCUT2D eigenvalue weighted by atomic mass is 10.0. The molecule has 1 aromatic heterocycles. The number of amides is 2. The summed E-state index contributed by atoms with van der Waals surface area (Å²) in [5.41, 5.74) is 5.93. The van der Waals surface area contributed by atoms with Gasteiger partial charge in [0.2, 0.25) is 11.5 Å². The van der Waals surface area contributed by atoms with Gasteiger partial charge < -0.3 is 52.4 Å². The van der Waals surface area contributed by atoms with Gasteiger partial charge in [0.05, 0.1) is 42.7 Å². The topological polar surface area (TPSA) is 200 Å². The van der Waals surface area contributed by atoms with Gasteiger partial charge in [-0.1, -0.05) is 12.1 Å². The highest BCUT2D eigenvalue weighted by Gasteiger charge is 2.26. The van der Waals surface area contributed by atoms with Crippen molar-refractivity contribution in [2.24, 2.45) is 0 Å². The highest BCUT2D eigenvalue weighted by atomic mass is 16.6. The zero-order valence-electron chi connectivity index (χ0n) is 44.3. The van der Waals surface area contributed by atoms with Gasteiger partial charge in [-0.15, -0.1) is 0 Å². The van der Waals surface area contributed by atoms with Gasteiger partial charge in [0.15, 0.2) is 35.5 Å². The van der Waals surface area contributed by atoms with Gasteiger partial charge in [-0.3, -0.25) is 9.80 Å². The number of rotatable bonds is 22. The fourth-order valence-electron chi connectivity index (χ4n) is 7.77. The van der Waals surface area contributed by atoms with Crippen LogP contribution in [0.5, 0.6) is 34.5 Å². The molecule has 0 saturated heterocycles. The number of fused-ring (bicyclic) bond motifs is 1. The number of urea groups is 1. The Hall–Kier alpha value is -8.25. The molecule has 0 spiro atoms. The van der Waals surface area contributed by atoms with E-state index in [-0.39, 0.29) is 24.1 Å². The SMILES string of the molecule is COc1cc(C=CC(=O)OC(Cc2c(C)c3ccc(NC(=O)N(C)C(C)OC(=O)C=Cc4cc(C)c(C)c(C)c4)cc3oc2=O)CN(C)C(C)OC(=O)C=Cc2cc(OC)c(OC)c(OC)c2)cc(OC)c1OC. The van der Waals surface area contributed by atoms with Gasteiger partial charge in [-0.25, -0.2) is 24.0 Å². The second-order valence-electron chi connectivity index (χ2n) is 17.2. The van der Waals surface area contributed by atoms with Crippen molar-refractivity contribution >= 4 is 58.8 Å². The van der Waals surface area contributed by atoms with Gasteiger partial charge >= 0.3 is 29.6 Å².